The zero-order valence-corrected chi connectivity index (χ0v) is 45.3. The van der Waals surface area contributed by atoms with Crippen LogP contribution in [0.1, 0.15) is 411 Å². The molecule has 0 atom stereocenters. The molecule has 4 aromatic rings. The van der Waals surface area contributed by atoms with Crippen LogP contribution in [0.5, 0.6) is 0 Å². The van der Waals surface area contributed by atoms with Crippen LogP contribution in [0.25, 0.3) is 22.3 Å². The predicted molar refractivity (Wildman–Crippen MR) is 301 cm³/mol. The van der Waals surface area contributed by atoms with Gasteiger partial charge >= 0.3 is 0 Å². The van der Waals surface area contributed by atoms with E-state index in [1.165, 1.54) is 218 Å². The molecule has 0 aliphatic heterocycles. The van der Waals surface area contributed by atoms with Gasteiger partial charge in [0.05, 0.1) is 0 Å². The zero-order valence-electron chi connectivity index (χ0n) is 45.3. The van der Waals surface area contributed by atoms with Crippen LogP contribution in [0.4, 0.5) is 0 Å². The predicted octanol–water partition coefficient (Wildman–Crippen LogP) is 20.6. The largest absolute Gasteiger partial charge is 0.0458 e. The van der Waals surface area contributed by atoms with Crippen molar-refractivity contribution in [2.24, 2.45) is 0 Å². The van der Waals surface area contributed by atoms with Crippen molar-refractivity contribution in [1.29, 1.82) is 0 Å². The van der Waals surface area contributed by atoms with E-state index in [1.54, 1.807) is 0 Å². The molecule has 0 heteroatoms. The van der Waals surface area contributed by atoms with Crippen molar-refractivity contribution in [2.75, 3.05) is 0 Å². The summed E-state index contributed by atoms with van der Waals surface area (Å²) in [6, 6.07) is 0. The lowest BCUT2D eigenvalue weighted by Crippen LogP contribution is -2.32. The second kappa shape index (κ2) is 14.6. The van der Waals surface area contributed by atoms with Crippen LogP contribution in [0.3, 0.4) is 0 Å². The SMILES string of the molecule is C1c2c(c3c(c4c2C2CCC4CC2)C2CCC3CC2)-c2c1c1c(c3c2C2CCC3CC2)C2CCC1CC2.C1c2c(c3c(c4c2C2CCC4CC2)C2CCC3CC2)-c2c1c1c(c3c2C2CCC3CC2)C2CCC1CC2. The highest BCUT2D eigenvalue weighted by Crippen LogP contribution is 2.71. The van der Waals surface area contributed by atoms with Crippen LogP contribution in [-0.4, -0.2) is 0 Å². The molecule has 26 aliphatic rings. The van der Waals surface area contributed by atoms with E-state index < -0.39 is 0 Å². The van der Waals surface area contributed by atoms with Gasteiger partial charge in [-0.2, -0.15) is 0 Å². The molecule has 8 saturated carbocycles. The molecule has 8 fully saturated rings. The Bertz CT molecular complexity index is 2780. The Morgan fingerprint density at radius 3 is 0.378 bits per heavy atom. The lowest BCUT2D eigenvalue weighted by atomic mass is 9.55. The Labute approximate surface area is 444 Å². The molecule has 0 N–H and O–H groups in total. The first-order valence-electron chi connectivity index (χ1n) is 33.6. The molecule has 4 aromatic carbocycles. The molecule has 74 heavy (non-hydrogen) atoms. The minimum Gasteiger partial charge on any atom is -0.0458 e. The molecule has 0 unspecified atom stereocenters. The molecular formula is C74H84. The van der Waals surface area contributed by atoms with Gasteiger partial charge in [-0.1, -0.05) is 0 Å². The van der Waals surface area contributed by atoms with Crippen molar-refractivity contribution in [3.05, 3.63) is 111 Å². The summed E-state index contributed by atoms with van der Waals surface area (Å²) >= 11 is 0. The minimum absolute atomic E-state index is 0.884. The fourth-order valence-electron chi connectivity index (χ4n) is 26.2. The highest BCUT2D eigenvalue weighted by molar-refractivity contribution is 5.92. The van der Waals surface area contributed by atoms with Gasteiger partial charge in [0, 0.05) is 0 Å². The van der Waals surface area contributed by atoms with Gasteiger partial charge < -0.3 is 0 Å². The second-order valence-corrected chi connectivity index (χ2v) is 30.8. The maximum Gasteiger partial charge on any atom is -0.000734 e. The summed E-state index contributed by atoms with van der Waals surface area (Å²) in [4.78, 5) is 0. The van der Waals surface area contributed by atoms with Crippen LogP contribution < -0.4 is 0 Å². The topological polar surface area (TPSA) is 0 Å². The average molecular weight is 973 g/mol. The van der Waals surface area contributed by atoms with E-state index in [0.717, 1.165) is 94.7 Å². The fourth-order valence-corrected chi connectivity index (χ4v) is 26.2. The summed E-state index contributed by atoms with van der Waals surface area (Å²) in [5.41, 5.74) is 47.2. The molecule has 26 aliphatic carbocycles. The van der Waals surface area contributed by atoms with E-state index in [-0.39, 0.29) is 0 Å². The maximum atomic E-state index is 1.99. The highest BCUT2D eigenvalue weighted by Gasteiger charge is 2.54. The quantitative estimate of drug-likeness (QED) is 0.142. The monoisotopic (exact) mass is 973 g/mol. The van der Waals surface area contributed by atoms with Crippen LogP contribution >= 0.6 is 0 Å². The summed E-state index contributed by atoms with van der Waals surface area (Å²) in [7, 11) is 0. The molecule has 0 nitrogen and oxygen atoms in total. The maximum absolute atomic E-state index is 1.99. The van der Waals surface area contributed by atoms with Gasteiger partial charge in [0.2, 0.25) is 0 Å². The van der Waals surface area contributed by atoms with Crippen LogP contribution in [0.2, 0.25) is 0 Å². The third-order valence-corrected chi connectivity index (χ3v) is 28.6. The van der Waals surface area contributed by atoms with Crippen molar-refractivity contribution in [3.8, 4) is 22.3 Å². The molecule has 0 heterocycles. The van der Waals surface area contributed by atoms with Gasteiger partial charge in [0.15, 0.2) is 0 Å². The Morgan fingerprint density at radius 1 is 0.122 bits per heavy atom. The first-order valence-corrected chi connectivity index (χ1v) is 33.6. The van der Waals surface area contributed by atoms with Gasteiger partial charge in [-0.25, -0.2) is 0 Å². The van der Waals surface area contributed by atoms with E-state index in [0.29, 0.717) is 0 Å². The molecule has 0 amide bonds. The summed E-state index contributed by atoms with van der Waals surface area (Å²) in [6.07, 6.45) is 50.7. The summed E-state index contributed by atoms with van der Waals surface area (Å²) in [6.45, 7) is 0. The summed E-state index contributed by atoms with van der Waals surface area (Å²) < 4.78 is 0. The van der Waals surface area contributed by atoms with E-state index in [4.69, 9.17) is 0 Å². The molecule has 0 spiro atoms. The molecule has 380 valence electrons. The standard InChI is InChI=1S/2C37H42/c2*1-5-20-6-2-18(1)28-26-17-27-29-19-3-7-21(8-4-19)31(29)33-23-11-15-25(16-12-23)35(33)37(27)36(26)34-24-13-9-22(10-14-24)32(34)30(20)28/h2*18-25H,1-17H2. The van der Waals surface area contributed by atoms with E-state index in [1.807, 2.05) is 134 Å². The average Bonchev–Trinajstić information content (AvgIpc) is 4.11. The van der Waals surface area contributed by atoms with Crippen LogP contribution in [0.15, 0.2) is 0 Å². The number of hydrogen-bond donors (Lipinski definition) is 0. The summed E-state index contributed by atoms with van der Waals surface area (Å²) in [5.74, 6) is 14.4. The summed E-state index contributed by atoms with van der Waals surface area (Å²) in [5, 5.41) is 0. The van der Waals surface area contributed by atoms with Gasteiger partial charge in [-0.3, -0.25) is 0 Å². The zero-order chi connectivity index (χ0) is 47.1. The molecule has 0 aromatic heterocycles. The first-order chi connectivity index (χ1) is 36.7. The number of hydrogen-bond acceptors (Lipinski definition) is 0. The lowest BCUT2D eigenvalue weighted by molar-refractivity contribution is 0.325. The molecule has 30 rings (SSSR count). The third-order valence-electron chi connectivity index (χ3n) is 28.6. The second-order valence-electron chi connectivity index (χ2n) is 30.8. The Balaban J connectivity index is 0.000000109. The van der Waals surface area contributed by atoms with Gasteiger partial charge in [-0.15, -0.1) is 0 Å². The van der Waals surface area contributed by atoms with Crippen molar-refractivity contribution >= 4 is 0 Å². The van der Waals surface area contributed by atoms with Crippen molar-refractivity contribution in [2.45, 2.75) is 313 Å². The number of fused-ring (bicyclic) bond motifs is 22. The van der Waals surface area contributed by atoms with E-state index in [2.05, 4.69) is 0 Å². The third kappa shape index (κ3) is 4.96. The van der Waals surface area contributed by atoms with E-state index in [9.17, 15) is 0 Å². The van der Waals surface area contributed by atoms with Crippen molar-refractivity contribution in [3.63, 3.8) is 0 Å². The Morgan fingerprint density at radius 2 is 0.230 bits per heavy atom. The molecule has 0 saturated heterocycles. The Hall–Kier alpha value is -3.12. The smallest absolute Gasteiger partial charge is 0.000734 e. The molecular weight excluding hydrogens is 889 g/mol. The first kappa shape index (κ1) is 41.9. The molecule has 0 radical (unpaired) electrons. The van der Waals surface area contributed by atoms with Crippen molar-refractivity contribution < 1.29 is 0 Å². The Kier molecular flexibility index (Phi) is 8.25. The van der Waals surface area contributed by atoms with Crippen LogP contribution in [0, 0.1) is 0 Å². The molecule has 16 bridgehead atoms. The minimum atomic E-state index is 0.884. The van der Waals surface area contributed by atoms with Gasteiger partial charge in [0.1, 0.15) is 0 Å². The lowest BCUT2D eigenvalue weighted by Gasteiger charge is -2.49. The van der Waals surface area contributed by atoms with Crippen LogP contribution in [-0.2, 0) is 12.8 Å². The van der Waals surface area contributed by atoms with Gasteiger partial charge in [-0.05, 0) is 447 Å². The number of benzene rings is 4. The number of rotatable bonds is 0. The van der Waals surface area contributed by atoms with E-state index >= 15 is 0 Å². The van der Waals surface area contributed by atoms with Crippen molar-refractivity contribution in [1.82, 2.24) is 0 Å². The highest BCUT2D eigenvalue weighted by atomic mass is 14.6. The van der Waals surface area contributed by atoms with Gasteiger partial charge in [0.25, 0.3) is 0 Å². The normalized spacial score (nSPS) is 40.2. The fraction of sp³-hybridized carbons (Fsp3) is 0.676.